The van der Waals surface area contributed by atoms with Crippen LogP contribution in [-0.4, -0.2) is 65.2 Å². The molecular formula is C24H34Cl2N2O3. The summed E-state index contributed by atoms with van der Waals surface area (Å²) in [6.07, 6.45) is 9.37. The summed E-state index contributed by atoms with van der Waals surface area (Å²) < 4.78 is 6.11. The van der Waals surface area contributed by atoms with Gasteiger partial charge in [0.1, 0.15) is 17.4 Å². The number of aliphatic carboxylic acids is 1. The Labute approximate surface area is 195 Å². The maximum absolute atomic E-state index is 12.1. The number of ether oxygens (including phenoxy) is 1. The van der Waals surface area contributed by atoms with Gasteiger partial charge in [0, 0.05) is 25.7 Å². The van der Waals surface area contributed by atoms with Crippen molar-refractivity contribution < 1.29 is 14.6 Å². The van der Waals surface area contributed by atoms with Crippen LogP contribution < -0.4 is 4.74 Å². The van der Waals surface area contributed by atoms with Gasteiger partial charge in [-0.25, -0.2) is 0 Å². The first-order chi connectivity index (χ1) is 15.0. The molecule has 0 atom stereocenters. The number of hydrogen-bond donors (Lipinski definition) is 1. The van der Waals surface area contributed by atoms with Gasteiger partial charge in [-0.15, -0.1) is 0 Å². The van der Waals surface area contributed by atoms with Crippen LogP contribution >= 0.6 is 23.2 Å². The molecule has 1 N–H and O–H groups in total. The first kappa shape index (κ1) is 23.2. The lowest BCUT2D eigenvalue weighted by Crippen LogP contribution is -2.58. The summed E-state index contributed by atoms with van der Waals surface area (Å²) >= 11 is 12.1. The Balaban J connectivity index is 1.21. The fraction of sp³-hybridized carbons (Fsp3) is 0.708. The van der Waals surface area contributed by atoms with E-state index in [1.54, 1.807) is 12.1 Å². The van der Waals surface area contributed by atoms with E-state index in [2.05, 4.69) is 9.80 Å². The monoisotopic (exact) mass is 468 g/mol. The van der Waals surface area contributed by atoms with Gasteiger partial charge in [-0.3, -0.25) is 9.69 Å². The highest BCUT2D eigenvalue weighted by atomic mass is 35.5. The zero-order valence-corrected chi connectivity index (χ0v) is 19.7. The number of nitrogens with zero attached hydrogens (tertiary/aromatic N) is 2. The summed E-state index contributed by atoms with van der Waals surface area (Å²) in [5, 5.41) is 11.0. The van der Waals surface area contributed by atoms with Gasteiger partial charge in [-0.2, -0.15) is 0 Å². The summed E-state index contributed by atoms with van der Waals surface area (Å²) in [6.45, 7) is 5.06. The molecule has 5 nitrogen and oxygen atoms in total. The van der Waals surface area contributed by atoms with Crippen molar-refractivity contribution in [1.82, 2.24) is 9.80 Å². The molecule has 2 heterocycles. The molecule has 1 saturated carbocycles. The molecule has 1 aromatic rings. The molecule has 2 aliphatic heterocycles. The number of carbonyl (C=O) groups is 1. The lowest BCUT2D eigenvalue weighted by Gasteiger charge is -2.47. The molecule has 4 rings (SSSR count). The van der Waals surface area contributed by atoms with E-state index in [1.807, 2.05) is 6.07 Å². The highest BCUT2D eigenvalue weighted by molar-refractivity contribution is 6.42. The quantitative estimate of drug-likeness (QED) is 0.610. The van der Waals surface area contributed by atoms with Gasteiger partial charge in [0.25, 0.3) is 0 Å². The summed E-state index contributed by atoms with van der Waals surface area (Å²) in [5.41, 5.74) is -0.594. The van der Waals surface area contributed by atoms with Crippen molar-refractivity contribution in [2.75, 3.05) is 32.7 Å². The van der Waals surface area contributed by atoms with E-state index < -0.39 is 11.5 Å². The molecule has 172 valence electrons. The van der Waals surface area contributed by atoms with Gasteiger partial charge in [-0.1, -0.05) is 42.5 Å². The van der Waals surface area contributed by atoms with Crippen LogP contribution in [0.25, 0.3) is 0 Å². The second kappa shape index (κ2) is 10.3. The van der Waals surface area contributed by atoms with E-state index in [0.717, 1.165) is 89.8 Å². The van der Waals surface area contributed by atoms with Crippen molar-refractivity contribution in [2.24, 2.45) is 5.92 Å². The number of carboxylic acid groups (broad SMARTS) is 1. The summed E-state index contributed by atoms with van der Waals surface area (Å²) in [6, 6.07) is 5.45. The number of likely N-dealkylation sites (tertiary alicyclic amines) is 2. The molecule has 0 aromatic heterocycles. The van der Waals surface area contributed by atoms with Gasteiger partial charge in [0.15, 0.2) is 0 Å². The topological polar surface area (TPSA) is 53.0 Å². The Bertz CT molecular complexity index is 753. The third kappa shape index (κ3) is 5.50. The van der Waals surface area contributed by atoms with Gasteiger partial charge in [0.2, 0.25) is 0 Å². The predicted molar refractivity (Wildman–Crippen MR) is 124 cm³/mol. The van der Waals surface area contributed by atoms with E-state index >= 15 is 0 Å². The normalized spacial score (nSPS) is 24.2. The van der Waals surface area contributed by atoms with E-state index in [-0.39, 0.29) is 6.10 Å². The Morgan fingerprint density at radius 2 is 1.68 bits per heavy atom. The molecule has 3 aliphatic rings. The van der Waals surface area contributed by atoms with Gasteiger partial charge in [0.05, 0.1) is 10.0 Å². The number of halogens is 2. The number of carboxylic acids is 1. The molecule has 7 heteroatoms. The van der Waals surface area contributed by atoms with E-state index in [9.17, 15) is 9.90 Å². The average Bonchev–Trinajstić information content (AvgIpc) is 2.78. The van der Waals surface area contributed by atoms with Crippen LogP contribution in [0.15, 0.2) is 18.2 Å². The lowest BCUT2D eigenvalue weighted by molar-refractivity contribution is -0.155. The molecule has 2 saturated heterocycles. The Morgan fingerprint density at radius 3 is 2.29 bits per heavy atom. The lowest BCUT2D eigenvalue weighted by atomic mass is 9.78. The Morgan fingerprint density at radius 1 is 1.00 bits per heavy atom. The minimum atomic E-state index is -0.602. The number of hydrogen-bond acceptors (Lipinski definition) is 4. The van der Waals surface area contributed by atoms with Gasteiger partial charge >= 0.3 is 5.97 Å². The van der Waals surface area contributed by atoms with Crippen molar-refractivity contribution in [1.29, 1.82) is 0 Å². The van der Waals surface area contributed by atoms with Gasteiger partial charge < -0.3 is 14.7 Å². The zero-order valence-electron chi connectivity index (χ0n) is 18.2. The molecule has 0 amide bonds. The summed E-state index contributed by atoms with van der Waals surface area (Å²) in [5.74, 6) is 0.850. The minimum Gasteiger partial charge on any atom is -0.490 e. The SMILES string of the molecule is O=C(O)C1(N2CCC(CN3CCC(Oc4ccc(Cl)c(Cl)c4)CC3)CC2)CCCCC1. The number of rotatable bonds is 6. The van der Waals surface area contributed by atoms with Crippen LogP contribution in [0.5, 0.6) is 5.75 Å². The van der Waals surface area contributed by atoms with Crippen LogP contribution in [0.1, 0.15) is 57.8 Å². The van der Waals surface area contributed by atoms with E-state index in [0.29, 0.717) is 16.0 Å². The molecule has 3 fully saturated rings. The number of piperidine rings is 2. The molecule has 0 spiro atoms. The standard InChI is InChI=1S/C24H34Cl2N2O3/c25-21-5-4-20(16-22(21)26)31-19-8-12-27(13-9-19)17-18-6-14-28(15-7-18)24(23(29)30)10-2-1-3-11-24/h4-5,16,18-19H,1-3,6-15,17H2,(H,29,30). The second-order valence-electron chi connectivity index (χ2n) is 9.52. The Kier molecular flexibility index (Phi) is 7.68. The van der Waals surface area contributed by atoms with Crippen molar-refractivity contribution in [3.8, 4) is 5.75 Å². The maximum atomic E-state index is 12.1. The summed E-state index contributed by atoms with van der Waals surface area (Å²) in [7, 11) is 0. The Hall–Kier alpha value is -1.01. The maximum Gasteiger partial charge on any atom is 0.324 e. The van der Waals surface area contributed by atoms with E-state index in [4.69, 9.17) is 27.9 Å². The molecule has 1 aromatic carbocycles. The van der Waals surface area contributed by atoms with Crippen molar-refractivity contribution in [3.63, 3.8) is 0 Å². The molecule has 0 radical (unpaired) electrons. The smallest absolute Gasteiger partial charge is 0.324 e. The number of benzene rings is 1. The van der Waals surface area contributed by atoms with Crippen LogP contribution in [0.3, 0.4) is 0 Å². The van der Waals surface area contributed by atoms with Gasteiger partial charge in [-0.05, 0) is 69.7 Å². The van der Waals surface area contributed by atoms with Crippen molar-refractivity contribution in [3.05, 3.63) is 28.2 Å². The highest BCUT2D eigenvalue weighted by Crippen LogP contribution is 2.37. The van der Waals surface area contributed by atoms with Crippen LogP contribution in [0, 0.1) is 5.92 Å². The van der Waals surface area contributed by atoms with Crippen LogP contribution in [0.2, 0.25) is 10.0 Å². The second-order valence-corrected chi connectivity index (χ2v) is 10.3. The average molecular weight is 469 g/mol. The third-order valence-corrected chi connectivity index (χ3v) is 8.28. The van der Waals surface area contributed by atoms with Crippen molar-refractivity contribution >= 4 is 29.2 Å². The van der Waals surface area contributed by atoms with Crippen molar-refractivity contribution in [2.45, 2.75) is 69.4 Å². The zero-order chi connectivity index (χ0) is 21.8. The first-order valence-electron chi connectivity index (χ1n) is 11.8. The predicted octanol–water partition coefficient (Wildman–Crippen LogP) is 5.34. The van der Waals surface area contributed by atoms with Crippen LogP contribution in [0.4, 0.5) is 0 Å². The van der Waals surface area contributed by atoms with E-state index in [1.165, 1.54) is 6.42 Å². The highest BCUT2D eigenvalue weighted by Gasteiger charge is 2.45. The molecule has 0 bridgehead atoms. The molecule has 0 unspecified atom stereocenters. The first-order valence-corrected chi connectivity index (χ1v) is 12.5. The van der Waals surface area contributed by atoms with Crippen LogP contribution in [-0.2, 0) is 4.79 Å². The molecule has 1 aliphatic carbocycles. The molecule has 31 heavy (non-hydrogen) atoms. The fourth-order valence-corrected chi connectivity index (χ4v) is 5.95. The third-order valence-electron chi connectivity index (χ3n) is 7.54. The molecular weight excluding hydrogens is 435 g/mol. The minimum absolute atomic E-state index is 0.220. The summed E-state index contributed by atoms with van der Waals surface area (Å²) in [4.78, 5) is 16.9. The largest absolute Gasteiger partial charge is 0.490 e. The fourth-order valence-electron chi connectivity index (χ4n) is 5.66.